The highest BCUT2D eigenvalue weighted by Gasteiger charge is 2.59. The molecule has 5 rings (SSSR count). The lowest BCUT2D eigenvalue weighted by molar-refractivity contribution is -0.119. The highest BCUT2D eigenvalue weighted by atomic mass is 32.2. The Morgan fingerprint density at radius 1 is 1.00 bits per heavy atom. The van der Waals surface area contributed by atoms with Crippen LogP contribution in [0.2, 0.25) is 0 Å². The molecular weight excluding hydrogens is 398 g/mol. The van der Waals surface area contributed by atoms with Crippen LogP contribution in [-0.2, 0) is 20.0 Å². The van der Waals surface area contributed by atoms with Crippen LogP contribution in [-0.4, -0.2) is 31.6 Å². The van der Waals surface area contributed by atoms with Crippen LogP contribution in [0.15, 0.2) is 48.5 Å². The third kappa shape index (κ3) is 3.09. The Hall–Kier alpha value is -2.47. The van der Waals surface area contributed by atoms with Crippen molar-refractivity contribution in [3.05, 3.63) is 59.7 Å². The number of rotatable bonds is 4. The number of carbonyl (C=O) groups is 2. The Balaban J connectivity index is 1.44. The molecule has 1 saturated heterocycles. The molecule has 0 bridgehead atoms. The first-order chi connectivity index (χ1) is 14.2. The van der Waals surface area contributed by atoms with Gasteiger partial charge in [-0.1, -0.05) is 25.1 Å². The first-order valence-corrected chi connectivity index (χ1v) is 12.3. The number of carbonyl (C=O) groups excluding carboxylic acids is 2. The number of sulfone groups is 1. The van der Waals surface area contributed by atoms with Gasteiger partial charge in [0.05, 0.1) is 22.6 Å². The fraction of sp³-hybridized carbons (Fsp3) is 0.417. The minimum Gasteiger partial charge on any atom is -0.294 e. The number of hydrogen-bond donors (Lipinski definition) is 0. The van der Waals surface area contributed by atoms with Crippen molar-refractivity contribution >= 4 is 32.9 Å². The van der Waals surface area contributed by atoms with Crippen molar-refractivity contribution < 1.29 is 18.0 Å². The van der Waals surface area contributed by atoms with Crippen LogP contribution in [0, 0.1) is 5.41 Å². The van der Waals surface area contributed by atoms with Gasteiger partial charge < -0.3 is 0 Å². The lowest BCUT2D eigenvalue weighted by Crippen LogP contribution is -2.33. The van der Waals surface area contributed by atoms with Gasteiger partial charge in [-0.15, -0.1) is 0 Å². The van der Waals surface area contributed by atoms with Crippen molar-refractivity contribution in [2.75, 3.05) is 16.4 Å². The third-order valence-corrected chi connectivity index (χ3v) is 8.72. The van der Waals surface area contributed by atoms with E-state index in [-0.39, 0.29) is 28.6 Å². The van der Waals surface area contributed by atoms with Gasteiger partial charge in [0.2, 0.25) is 5.91 Å². The van der Waals surface area contributed by atoms with Crippen LogP contribution in [0.25, 0.3) is 0 Å². The molecule has 0 N–H and O–H groups in total. The lowest BCUT2D eigenvalue weighted by atomic mass is 9.78. The standard InChI is InChI=1S/C24H25NO4S/c1-23(11-13-30(28,29)14-12-23)16-21(26)17-7-8-20-19(15-17)24(9-10-24)22(27)25(20)18-5-3-2-4-6-18/h2-8,15H,9-14,16H2,1H3. The summed E-state index contributed by atoms with van der Waals surface area (Å²) in [5.41, 5.74) is 2.53. The Morgan fingerprint density at radius 3 is 2.30 bits per heavy atom. The van der Waals surface area contributed by atoms with Crippen LogP contribution in [0.5, 0.6) is 0 Å². The number of Topliss-reactive ketones (excluding diaryl/α,β-unsaturated/α-hetero) is 1. The molecule has 1 amide bonds. The predicted octanol–water partition coefficient (Wildman–Crippen LogP) is 4.18. The molecule has 156 valence electrons. The number of benzene rings is 2. The average molecular weight is 424 g/mol. The van der Waals surface area contributed by atoms with E-state index in [0.717, 1.165) is 29.8 Å². The van der Waals surface area contributed by atoms with E-state index in [4.69, 9.17) is 0 Å². The molecule has 0 radical (unpaired) electrons. The summed E-state index contributed by atoms with van der Waals surface area (Å²) >= 11 is 0. The Bertz CT molecular complexity index is 1130. The van der Waals surface area contributed by atoms with Crippen molar-refractivity contribution in [2.24, 2.45) is 5.41 Å². The monoisotopic (exact) mass is 423 g/mol. The van der Waals surface area contributed by atoms with Gasteiger partial charge in [0.25, 0.3) is 0 Å². The molecule has 6 heteroatoms. The van der Waals surface area contributed by atoms with Gasteiger partial charge >= 0.3 is 0 Å². The zero-order chi connectivity index (χ0) is 21.1. The molecule has 2 heterocycles. The summed E-state index contributed by atoms with van der Waals surface area (Å²) in [4.78, 5) is 28.1. The lowest BCUT2D eigenvalue weighted by Gasteiger charge is -2.32. The Kier molecular flexibility index (Phi) is 4.23. The summed E-state index contributed by atoms with van der Waals surface area (Å²) in [6, 6.07) is 15.3. The zero-order valence-corrected chi connectivity index (χ0v) is 17.9. The van der Waals surface area contributed by atoms with E-state index in [2.05, 4.69) is 0 Å². The molecule has 0 atom stereocenters. The van der Waals surface area contributed by atoms with Gasteiger partial charge in [-0.25, -0.2) is 8.42 Å². The molecule has 0 aromatic heterocycles. The number of hydrogen-bond acceptors (Lipinski definition) is 4. The number of para-hydroxylation sites is 1. The Labute approximate surface area is 177 Å². The Morgan fingerprint density at radius 2 is 1.67 bits per heavy atom. The molecule has 1 saturated carbocycles. The van der Waals surface area contributed by atoms with E-state index in [1.165, 1.54) is 0 Å². The fourth-order valence-corrected chi connectivity index (χ4v) is 6.68. The summed E-state index contributed by atoms with van der Waals surface area (Å²) in [5, 5.41) is 0. The van der Waals surface area contributed by atoms with Crippen LogP contribution in [0.4, 0.5) is 11.4 Å². The first kappa shape index (κ1) is 19.5. The predicted molar refractivity (Wildman–Crippen MR) is 116 cm³/mol. The maximum atomic E-state index is 13.2. The molecule has 2 aromatic carbocycles. The SMILES string of the molecule is CC1(CC(=O)c2ccc3c(c2)C2(CC2)C(=O)N3c2ccccc2)CCS(=O)(=O)CC1. The molecule has 30 heavy (non-hydrogen) atoms. The van der Waals surface area contributed by atoms with Gasteiger partial charge in [0.1, 0.15) is 9.84 Å². The molecular formula is C24H25NO4S. The van der Waals surface area contributed by atoms with Crippen molar-refractivity contribution in [2.45, 2.75) is 44.4 Å². The van der Waals surface area contributed by atoms with Gasteiger partial charge in [-0.05, 0) is 67.0 Å². The summed E-state index contributed by atoms with van der Waals surface area (Å²) in [6.07, 6.45) is 3.02. The third-order valence-electron chi connectivity index (χ3n) is 7.07. The number of ketones is 1. The minimum absolute atomic E-state index is 0.0287. The molecule has 1 spiro atoms. The summed E-state index contributed by atoms with van der Waals surface area (Å²) in [5.74, 6) is 0.439. The van der Waals surface area contributed by atoms with Gasteiger partial charge in [-0.2, -0.15) is 0 Å². The van der Waals surface area contributed by atoms with Gasteiger partial charge in [-0.3, -0.25) is 14.5 Å². The van der Waals surface area contributed by atoms with Crippen molar-refractivity contribution in [1.82, 2.24) is 0 Å². The largest absolute Gasteiger partial charge is 0.294 e. The second kappa shape index (κ2) is 6.51. The van der Waals surface area contributed by atoms with Crippen molar-refractivity contribution in [1.29, 1.82) is 0 Å². The molecule has 3 aliphatic rings. The van der Waals surface area contributed by atoms with E-state index in [1.807, 2.05) is 55.5 Å². The molecule has 2 fully saturated rings. The molecule has 2 aromatic rings. The van der Waals surface area contributed by atoms with Crippen LogP contribution >= 0.6 is 0 Å². The molecule has 1 aliphatic carbocycles. The highest BCUT2D eigenvalue weighted by Crippen LogP contribution is 2.59. The van der Waals surface area contributed by atoms with Crippen LogP contribution < -0.4 is 4.90 Å². The molecule has 0 unspecified atom stereocenters. The number of nitrogens with zero attached hydrogens (tertiary/aromatic N) is 1. The first-order valence-electron chi connectivity index (χ1n) is 10.5. The number of fused-ring (bicyclic) bond motifs is 2. The van der Waals surface area contributed by atoms with E-state index >= 15 is 0 Å². The van der Waals surface area contributed by atoms with Crippen molar-refractivity contribution in [3.8, 4) is 0 Å². The smallest absolute Gasteiger partial charge is 0.242 e. The number of amides is 1. The van der Waals surface area contributed by atoms with E-state index < -0.39 is 15.3 Å². The second-order valence-corrected chi connectivity index (χ2v) is 11.7. The topological polar surface area (TPSA) is 71.5 Å². The van der Waals surface area contributed by atoms with Crippen LogP contribution in [0.1, 0.15) is 54.9 Å². The van der Waals surface area contributed by atoms with E-state index in [0.29, 0.717) is 24.8 Å². The summed E-state index contributed by atoms with van der Waals surface area (Å²) in [6.45, 7) is 2.01. The highest BCUT2D eigenvalue weighted by molar-refractivity contribution is 7.91. The van der Waals surface area contributed by atoms with E-state index in [9.17, 15) is 18.0 Å². The summed E-state index contributed by atoms with van der Waals surface area (Å²) < 4.78 is 23.5. The molecule has 2 aliphatic heterocycles. The summed E-state index contributed by atoms with van der Waals surface area (Å²) in [7, 11) is -2.96. The van der Waals surface area contributed by atoms with Gasteiger partial charge in [0.15, 0.2) is 5.78 Å². The average Bonchev–Trinajstić information content (AvgIpc) is 3.49. The van der Waals surface area contributed by atoms with Crippen molar-refractivity contribution in [3.63, 3.8) is 0 Å². The fourth-order valence-electron chi connectivity index (χ4n) is 4.87. The maximum absolute atomic E-state index is 13.2. The minimum atomic E-state index is -2.96. The quantitative estimate of drug-likeness (QED) is 0.692. The van der Waals surface area contributed by atoms with E-state index in [1.54, 1.807) is 4.90 Å². The molecule has 5 nitrogen and oxygen atoms in total. The number of anilines is 2. The normalized spacial score (nSPS) is 22.7. The second-order valence-electron chi connectivity index (χ2n) is 9.35. The zero-order valence-electron chi connectivity index (χ0n) is 17.1. The van der Waals surface area contributed by atoms with Gasteiger partial charge in [0, 0.05) is 17.7 Å². The maximum Gasteiger partial charge on any atom is 0.242 e. The van der Waals surface area contributed by atoms with Crippen LogP contribution in [0.3, 0.4) is 0 Å².